The van der Waals surface area contributed by atoms with E-state index in [1.165, 1.54) is 0 Å². The molecule has 2 N–H and O–H groups in total. The van der Waals surface area contributed by atoms with Gasteiger partial charge in [-0.05, 0) is 52.7 Å². The Bertz CT molecular complexity index is 528. The Balaban J connectivity index is 4.79. The van der Waals surface area contributed by atoms with Gasteiger partial charge in [-0.2, -0.15) is 0 Å². The number of hydrogen-bond donors (Lipinski definition) is 2. The summed E-state index contributed by atoms with van der Waals surface area (Å²) in [5, 5.41) is 14.5. The second-order valence-electron chi connectivity index (χ2n) is 6.45. The normalized spacial score (nSPS) is 14.0. The summed E-state index contributed by atoms with van der Waals surface area (Å²) in [4.78, 5) is 34.1. The van der Waals surface area contributed by atoms with E-state index >= 15 is 0 Å². The molecular formula is C13H21F3N4O7. The summed E-state index contributed by atoms with van der Waals surface area (Å²) in [6.45, 7) is 4.77. The zero-order chi connectivity index (χ0) is 21.1. The Kier molecular flexibility index (Phi) is 10.5. The number of nitrogens with one attached hydrogen (secondary N) is 1. The van der Waals surface area contributed by atoms with Gasteiger partial charge in [-0.25, -0.2) is 9.59 Å². The molecule has 27 heavy (non-hydrogen) atoms. The molecule has 156 valence electrons. The van der Waals surface area contributed by atoms with Crippen LogP contribution in [-0.4, -0.2) is 40.8 Å². The first-order valence-corrected chi connectivity index (χ1v) is 7.68. The second-order valence-corrected chi connectivity index (χ2v) is 6.45. The first-order chi connectivity index (χ1) is 12.5. The van der Waals surface area contributed by atoms with Gasteiger partial charge >= 0.3 is 18.0 Å². The minimum atomic E-state index is -3.36. The standard InChI is InChI=1S/C13H21F3N4O7/c1-12(2,3)24-11(23)18-9(10(21)22)6-4-5-8(19-20-17)7-13(25-14,26-15)27-16/h8-9H,4-7H2,1-3H3,(H,18,23)(H,21,22). The molecule has 2 unspecified atom stereocenters. The van der Waals surface area contributed by atoms with Crippen molar-refractivity contribution >= 4 is 12.1 Å². The second kappa shape index (κ2) is 11.4. The van der Waals surface area contributed by atoms with Crippen LogP contribution in [0.1, 0.15) is 46.5 Å². The first kappa shape index (κ1) is 24.7. The molecule has 0 aliphatic heterocycles. The van der Waals surface area contributed by atoms with E-state index in [1.807, 2.05) is 0 Å². The molecule has 1 amide bonds. The van der Waals surface area contributed by atoms with E-state index in [4.69, 9.17) is 15.4 Å². The maximum absolute atomic E-state index is 12.2. The number of aliphatic carboxylic acids is 1. The van der Waals surface area contributed by atoms with Gasteiger partial charge in [0.2, 0.25) is 0 Å². The zero-order valence-corrected chi connectivity index (χ0v) is 14.9. The summed E-state index contributed by atoms with van der Waals surface area (Å²) in [6.07, 6.45) is -2.26. The minimum Gasteiger partial charge on any atom is -0.480 e. The zero-order valence-electron chi connectivity index (χ0n) is 14.9. The largest absolute Gasteiger partial charge is 0.480 e. The highest BCUT2D eigenvalue weighted by Crippen LogP contribution is 2.27. The molecule has 0 aliphatic carbocycles. The lowest BCUT2D eigenvalue weighted by atomic mass is 10.0. The molecule has 0 fully saturated rings. The molecule has 0 saturated carbocycles. The molecule has 0 spiro atoms. The number of carbonyl (C=O) groups is 2. The number of ether oxygens (including phenoxy) is 1. The van der Waals surface area contributed by atoms with Crippen LogP contribution in [0.25, 0.3) is 10.4 Å². The number of hydrogen-bond acceptors (Lipinski definition) is 7. The van der Waals surface area contributed by atoms with Gasteiger partial charge in [0.25, 0.3) is 0 Å². The van der Waals surface area contributed by atoms with Crippen molar-refractivity contribution in [3.8, 4) is 0 Å². The number of carboxylic acid groups (broad SMARTS) is 1. The third-order valence-electron chi connectivity index (χ3n) is 3.07. The molecule has 0 saturated heterocycles. The Morgan fingerprint density at radius 2 is 1.74 bits per heavy atom. The average Bonchev–Trinajstić information content (AvgIpc) is 2.57. The number of alkyl carbamates (subject to hydrolysis) is 1. The van der Waals surface area contributed by atoms with Crippen molar-refractivity contribution in [1.82, 2.24) is 5.32 Å². The highest BCUT2D eigenvalue weighted by Gasteiger charge is 2.41. The van der Waals surface area contributed by atoms with Crippen molar-refractivity contribution in [2.45, 2.75) is 70.1 Å². The predicted molar refractivity (Wildman–Crippen MR) is 81.5 cm³/mol. The van der Waals surface area contributed by atoms with Crippen molar-refractivity contribution < 1.29 is 47.8 Å². The molecule has 0 aromatic rings. The molecule has 0 radical (unpaired) electrons. The van der Waals surface area contributed by atoms with Gasteiger partial charge < -0.3 is 15.2 Å². The van der Waals surface area contributed by atoms with Gasteiger partial charge in [0, 0.05) is 17.4 Å². The van der Waals surface area contributed by atoms with Crippen LogP contribution in [0, 0.1) is 0 Å². The lowest BCUT2D eigenvalue weighted by Crippen LogP contribution is -2.43. The van der Waals surface area contributed by atoms with Crippen molar-refractivity contribution in [2.75, 3.05) is 0 Å². The number of azide groups is 1. The molecule has 0 aliphatic rings. The van der Waals surface area contributed by atoms with E-state index in [1.54, 1.807) is 20.8 Å². The fraction of sp³-hybridized carbons (Fsp3) is 0.846. The Morgan fingerprint density at radius 3 is 2.15 bits per heavy atom. The van der Waals surface area contributed by atoms with Gasteiger partial charge in [0.1, 0.15) is 11.6 Å². The van der Waals surface area contributed by atoms with Crippen molar-refractivity contribution in [2.24, 2.45) is 5.11 Å². The van der Waals surface area contributed by atoms with E-state index in [-0.39, 0.29) is 19.3 Å². The average molecular weight is 402 g/mol. The number of carbonyl (C=O) groups excluding carboxylic acids is 1. The van der Waals surface area contributed by atoms with Gasteiger partial charge in [0.15, 0.2) is 0 Å². The third kappa shape index (κ3) is 9.84. The third-order valence-corrected chi connectivity index (χ3v) is 3.07. The molecule has 0 aromatic carbocycles. The maximum Gasteiger partial charge on any atom is 0.408 e. The van der Waals surface area contributed by atoms with E-state index in [0.717, 1.165) is 0 Å². The molecule has 0 rings (SSSR count). The lowest BCUT2D eigenvalue weighted by Gasteiger charge is -2.23. The first-order valence-electron chi connectivity index (χ1n) is 7.68. The van der Waals surface area contributed by atoms with Crippen molar-refractivity contribution in [3.63, 3.8) is 0 Å². The van der Waals surface area contributed by atoms with Gasteiger partial charge in [0.05, 0.1) is 0 Å². The highest BCUT2D eigenvalue weighted by atomic mass is 19.3. The Labute approximate surface area is 152 Å². The summed E-state index contributed by atoms with van der Waals surface area (Å²) < 4.78 is 41.7. The molecule has 14 heteroatoms. The molecule has 0 bridgehead atoms. The van der Waals surface area contributed by atoms with Crippen LogP contribution in [0.15, 0.2) is 5.11 Å². The summed E-state index contributed by atoms with van der Waals surface area (Å²) >= 11 is 0. The Morgan fingerprint density at radius 1 is 1.19 bits per heavy atom. The summed E-state index contributed by atoms with van der Waals surface area (Å²) in [5.41, 5.74) is 7.62. The molecular weight excluding hydrogens is 381 g/mol. The fourth-order valence-corrected chi connectivity index (χ4v) is 1.96. The van der Waals surface area contributed by atoms with Crippen LogP contribution in [-0.2, 0) is 24.4 Å². The van der Waals surface area contributed by atoms with Gasteiger partial charge in [-0.1, -0.05) is 11.5 Å². The molecule has 2 atom stereocenters. The summed E-state index contributed by atoms with van der Waals surface area (Å²) in [7, 11) is 0. The lowest BCUT2D eigenvalue weighted by molar-refractivity contribution is -0.549. The van der Waals surface area contributed by atoms with Gasteiger partial charge in [-0.3, -0.25) is 0 Å². The Hall–Kier alpha value is -2.28. The predicted octanol–water partition coefficient (Wildman–Crippen LogP) is 3.56. The van der Waals surface area contributed by atoms with Crippen LogP contribution in [0.4, 0.5) is 18.4 Å². The van der Waals surface area contributed by atoms with Crippen molar-refractivity contribution in [3.05, 3.63) is 10.4 Å². The van der Waals surface area contributed by atoms with Crippen LogP contribution < -0.4 is 5.32 Å². The van der Waals surface area contributed by atoms with Crippen LogP contribution in [0.5, 0.6) is 0 Å². The van der Waals surface area contributed by atoms with E-state index < -0.39 is 42.1 Å². The topological polar surface area (TPSA) is 152 Å². The van der Waals surface area contributed by atoms with E-state index in [2.05, 4.69) is 30.2 Å². The summed E-state index contributed by atoms with van der Waals surface area (Å²) in [5.74, 6) is -4.72. The number of carboxylic acids is 1. The van der Waals surface area contributed by atoms with Crippen LogP contribution in [0.3, 0.4) is 0 Å². The van der Waals surface area contributed by atoms with Gasteiger partial charge in [-0.15, -0.1) is 14.8 Å². The number of amides is 1. The van der Waals surface area contributed by atoms with Crippen LogP contribution in [0.2, 0.25) is 0 Å². The molecule has 11 nitrogen and oxygen atoms in total. The van der Waals surface area contributed by atoms with Crippen molar-refractivity contribution in [1.29, 1.82) is 0 Å². The summed E-state index contributed by atoms with van der Waals surface area (Å²) in [6, 6.07) is -2.61. The SMILES string of the molecule is CC(C)(C)OC(=O)NC(CCCC(CC(OF)(OF)OF)N=[N+]=[N-])C(=O)O. The maximum atomic E-state index is 12.2. The van der Waals surface area contributed by atoms with E-state index in [9.17, 15) is 23.2 Å². The smallest absolute Gasteiger partial charge is 0.408 e. The van der Waals surface area contributed by atoms with Crippen LogP contribution >= 0.6 is 0 Å². The monoisotopic (exact) mass is 402 g/mol. The number of halogens is 3. The minimum absolute atomic E-state index is 0.00259. The number of rotatable bonds is 12. The highest BCUT2D eigenvalue weighted by molar-refractivity contribution is 5.79. The quantitative estimate of drug-likeness (QED) is 0.219. The van der Waals surface area contributed by atoms with E-state index in [0.29, 0.717) is 0 Å². The molecule has 0 heterocycles. The fourth-order valence-electron chi connectivity index (χ4n) is 1.96. The molecule has 0 aromatic heterocycles. The number of nitrogens with zero attached hydrogens (tertiary/aromatic N) is 3.